The van der Waals surface area contributed by atoms with Crippen molar-refractivity contribution in [2.45, 2.75) is 64.9 Å². The van der Waals surface area contributed by atoms with Gasteiger partial charge in [-0.15, -0.1) is 0 Å². The molecule has 1 amide bonds. The Bertz CT molecular complexity index is 553. The molecule has 6 heteroatoms. The number of amides is 1. The number of hydrogen-bond acceptors (Lipinski definition) is 5. The fourth-order valence-electron chi connectivity index (χ4n) is 2.50. The molecule has 0 heterocycles. The maximum Gasteiger partial charge on any atom is 0.430 e. The minimum absolute atomic E-state index is 0.0919. The highest BCUT2D eigenvalue weighted by Crippen LogP contribution is 2.36. The topological polar surface area (TPSA) is 79.2 Å². The molecule has 23 heavy (non-hydrogen) atoms. The van der Waals surface area contributed by atoms with Crippen LogP contribution in [0.4, 0.5) is 4.79 Å². The number of ketones is 1. The Kier molecular flexibility index (Phi) is 5.12. The van der Waals surface area contributed by atoms with Crippen LogP contribution in [-0.4, -0.2) is 40.4 Å². The van der Waals surface area contributed by atoms with E-state index in [4.69, 9.17) is 4.74 Å². The van der Waals surface area contributed by atoms with Gasteiger partial charge in [-0.2, -0.15) is 5.10 Å². The molecule has 0 radical (unpaired) electrons. The van der Waals surface area contributed by atoms with Gasteiger partial charge in [0.2, 0.25) is 0 Å². The van der Waals surface area contributed by atoms with Crippen molar-refractivity contribution in [1.82, 2.24) is 5.01 Å². The van der Waals surface area contributed by atoms with Crippen molar-refractivity contribution >= 4 is 17.6 Å². The summed E-state index contributed by atoms with van der Waals surface area (Å²) < 4.78 is 5.25. The summed E-state index contributed by atoms with van der Waals surface area (Å²) in [5.74, 6) is 0.501. The lowest BCUT2D eigenvalue weighted by atomic mass is 9.89. The van der Waals surface area contributed by atoms with E-state index in [-0.39, 0.29) is 11.5 Å². The molecule has 2 saturated carbocycles. The SMILES string of the molecule is CN(N=C1CCCC(=O)C1=C(O)CC1CC1)C(=O)OC(C)(C)C. The van der Waals surface area contributed by atoms with Crippen molar-refractivity contribution in [3.63, 3.8) is 0 Å². The molecule has 128 valence electrons. The highest BCUT2D eigenvalue weighted by atomic mass is 16.6. The van der Waals surface area contributed by atoms with Crippen molar-refractivity contribution in [1.29, 1.82) is 0 Å². The predicted octanol–water partition coefficient (Wildman–Crippen LogP) is 3.57. The van der Waals surface area contributed by atoms with Gasteiger partial charge in [-0.05, 0) is 52.4 Å². The molecule has 1 N–H and O–H groups in total. The van der Waals surface area contributed by atoms with Gasteiger partial charge in [0.15, 0.2) is 5.78 Å². The van der Waals surface area contributed by atoms with E-state index >= 15 is 0 Å². The second kappa shape index (κ2) is 6.72. The van der Waals surface area contributed by atoms with Crippen molar-refractivity contribution in [2.24, 2.45) is 11.0 Å². The predicted molar refractivity (Wildman–Crippen MR) is 87.3 cm³/mol. The lowest BCUT2D eigenvalue weighted by Gasteiger charge is -2.24. The molecule has 0 saturated heterocycles. The fraction of sp³-hybridized carbons (Fsp3) is 0.706. The maximum absolute atomic E-state index is 12.2. The normalized spacial score (nSPS) is 23.0. The van der Waals surface area contributed by atoms with Gasteiger partial charge in [0.05, 0.1) is 11.3 Å². The molecule has 6 nitrogen and oxygen atoms in total. The number of allylic oxidation sites excluding steroid dienone is 2. The highest BCUT2D eigenvalue weighted by Gasteiger charge is 2.30. The Labute approximate surface area is 137 Å². The number of nitrogens with zero attached hydrogens (tertiary/aromatic N) is 2. The second-order valence-electron chi connectivity index (χ2n) is 7.30. The molecule has 0 aromatic heterocycles. The highest BCUT2D eigenvalue weighted by molar-refractivity contribution is 6.24. The summed E-state index contributed by atoms with van der Waals surface area (Å²) in [5.41, 5.74) is 0.173. The number of aliphatic hydroxyl groups excluding tert-OH is 1. The summed E-state index contributed by atoms with van der Waals surface area (Å²) >= 11 is 0. The minimum atomic E-state index is -0.610. The lowest BCUT2D eigenvalue weighted by molar-refractivity contribution is -0.115. The molecule has 2 rings (SSSR count). The zero-order valence-electron chi connectivity index (χ0n) is 14.4. The van der Waals surface area contributed by atoms with Gasteiger partial charge in [-0.25, -0.2) is 9.80 Å². The van der Waals surface area contributed by atoms with E-state index in [1.165, 1.54) is 7.05 Å². The minimum Gasteiger partial charge on any atom is -0.511 e. The van der Waals surface area contributed by atoms with Gasteiger partial charge in [0, 0.05) is 19.9 Å². The van der Waals surface area contributed by atoms with Crippen LogP contribution in [0, 0.1) is 5.92 Å². The van der Waals surface area contributed by atoms with E-state index in [1.54, 1.807) is 20.8 Å². The van der Waals surface area contributed by atoms with Crippen LogP contribution in [0.1, 0.15) is 59.3 Å². The molecule has 0 aliphatic heterocycles. The summed E-state index contributed by atoms with van der Waals surface area (Å²) in [7, 11) is 1.50. The summed E-state index contributed by atoms with van der Waals surface area (Å²) in [6, 6.07) is 0. The molecular weight excluding hydrogens is 296 g/mol. The first-order valence-electron chi connectivity index (χ1n) is 8.17. The van der Waals surface area contributed by atoms with Gasteiger partial charge in [0.1, 0.15) is 11.4 Å². The largest absolute Gasteiger partial charge is 0.511 e. The monoisotopic (exact) mass is 322 g/mol. The molecule has 2 aliphatic rings. The quantitative estimate of drug-likeness (QED) is 0.489. The molecule has 0 spiro atoms. The number of Topliss-reactive ketones (excluding diaryl/α,β-unsaturated/α-hetero) is 1. The van der Waals surface area contributed by atoms with E-state index < -0.39 is 11.7 Å². The Hall–Kier alpha value is -1.85. The summed E-state index contributed by atoms with van der Waals surface area (Å²) in [5, 5.41) is 15.6. The van der Waals surface area contributed by atoms with Crippen molar-refractivity contribution in [3.8, 4) is 0 Å². The second-order valence-corrected chi connectivity index (χ2v) is 7.30. The molecule has 2 aliphatic carbocycles. The van der Waals surface area contributed by atoms with E-state index in [0.717, 1.165) is 17.9 Å². The van der Waals surface area contributed by atoms with Crippen molar-refractivity contribution < 1.29 is 19.4 Å². The van der Waals surface area contributed by atoms with Crippen LogP contribution in [0.5, 0.6) is 0 Å². The number of carbonyl (C=O) groups excluding carboxylic acids is 2. The van der Waals surface area contributed by atoms with Crippen LogP contribution < -0.4 is 0 Å². The van der Waals surface area contributed by atoms with Crippen LogP contribution in [0.3, 0.4) is 0 Å². The Morgan fingerprint density at radius 2 is 2.00 bits per heavy atom. The van der Waals surface area contributed by atoms with Crippen LogP contribution in [0.25, 0.3) is 0 Å². The van der Waals surface area contributed by atoms with Crippen LogP contribution in [0.2, 0.25) is 0 Å². The average Bonchev–Trinajstić information content (AvgIpc) is 3.20. The van der Waals surface area contributed by atoms with Gasteiger partial charge < -0.3 is 9.84 Å². The molecular formula is C17H26N2O4. The number of hydrazone groups is 1. The Morgan fingerprint density at radius 3 is 2.57 bits per heavy atom. The molecule has 0 unspecified atom stereocenters. The van der Waals surface area contributed by atoms with E-state index in [1.807, 2.05) is 0 Å². The summed E-state index contributed by atoms with van der Waals surface area (Å²) in [6.07, 6.45) is 3.80. The fourth-order valence-corrected chi connectivity index (χ4v) is 2.50. The number of aliphatic hydroxyl groups is 1. The zero-order chi connectivity index (χ0) is 17.2. The number of ether oxygens (including phenoxy) is 1. The smallest absolute Gasteiger partial charge is 0.430 e. The van der Waals surface area contributed by atoms with Gasteiger partial charge in [-0.3, -0.25) is 4.79 Å². The molecule has 2 fully saturated rings. The number of rotatable bonds is 3. The third-order valence-corrected chi connectivity index (χ3v) is 3.78. The number of carbonyl (C=O) groups is 2. The maximum atomic E-state index is 12.2. The van der Waals surface area contributed by atoms with Crippen molar-refractivity contribution in [3.05, 3.63) is 11.3 Å². The van der Waals surface area contributed by atoms with Gasteiger partial charge in [0.25, 0.3) is 0 Å². The summed E-state index contributed by atoms with van der Waals surface area (Å²) in [4.78, 5) is 24.2. The first kappa shape index (κ1) is 17.5. The van der Waals surface area contributed by atoms with Gasteiger partial charge in [-0.1, -0.05) is 0 Å². The lowest BCUT2D eigenvalue weighted by Crippen LogP contribution is -2.33. The van der Waals surface area contributed by atoms with E-state index in [2.05, 4.69) is 5.10 Å². The van der Waals surface area contributed by atoms with E-state index in [0.29, 0.717) is 42.9 Å². The van der Waals surface area contributed by atoms with E-state index in [9.17, 15) is 14.7 Å². The summed E-state index contributed by atoms with van der Waals surface area (Å²) in [6.45, 7) is 5.34. The molecule has 0 bridgehead atoms. The first-order valence-corrected chi connectivity index (χ1v) is 8.17. The molecule has 0 atom stereocenters. The average molecular weight is 322 g/mol. The zero-order valence-corrected chi connectivity index (χ0v) is 14.4. The van der Waals surface area contributed by atoms with Crippen LogP contribution >= 0.6 is 0 Å². The third kappa shape index (κ3) is 5.08. The van der Waals surface area contributed by atoms with Crippen molar-refractivity contribution in [2.75, 3.05) is 7.05 Å². The Balaban J connectivity index is 2.19. The molecule has 0 aromatic rings. The number of hydrogen-bond donors (Lipinski definition) is 1. The molecule has 0 aromatic carbocycles. The first-order chi connectivity index (χ1) is 10.7. The standard InChI is InChI=1S/C17H26N2O4/c1-17(2,3)23-16(22)19(4)18-12-6-5-7-13(20)15(12)14(21)10-11-8-9-11/h11,21H,5-10H2,1-4H3. The third-order valence-electron chi connectivity index (χ3n) is 3.78. The van der Waals surface area contributed by atoms with Gasteiger partial charge >= 0.3 is 6.09 Å². The van der Waals surface area contributed by atoms with Crippen LogP contribution in [0.15, 0.2) is 16.4 Å². The Morgan fingerprint density at radius 1 is 1.35 bits per heavy atom. The van der Waals surface area contributed by atoms with Crippen LogP contribution in [-0.2, 0) is 9.53 Å².